The summed E-state index contributed by atoms with van der Waals surface area (Å²) in [5.74, 6) is -1.20. The van der Waals surface area contributed by atoms with E-state index in [0.717, 1.165) is 12.5 Å². The van der Waals surface area contributed by atoms with Crippen LogP contribution in [-0.2, 0) is 0 Å². The summed E-state index contributed by atoms with van der Waals surface area (Å²) in [4.78, 5) is 24.1. The average molecular weight is 297 g/mol. The van der Waals surface area contributed by atoms with Gasteiger partial charge in [-0.15, -0.1) is 0 Å². The molecule has 1 aromatic carbocycles. The molecule has 1 rings (SSSR count). The summed E-state index contributed by atoms with van der Waals surface area (Å²) in [6.45, 7) is 6.87. The summed E-state index contributed by atoms with van der Waals surface area (Å²) in [5, 5.41) is 13.9. The molecule has 0 aliphatic rings. The molecule has 6 nitrogen and oxygen atoms in total. The van der Waals surface area contributed by atoms with Crippen LogP contribution in [0.25, 0.3) is 0 Å². The molecule has 1 aromatic rings. The van der Waals surface area contributed by atoms with Crippen molar-refractivity contribution in [1.82, 2.24) is 4.90 Å². The highest BCUT2D eigenvalue weighted by atomic mass is 19.1. The van der Waals surface area contributed by atoms with E-state index in [0.29, 0.717) is 19.6 Å². The Labute approximate surface area is 123 Å². The van der Waals surface area contributed by atoms with Crippen molar-refractivity contribution in [3.05, 3.63) is 33.6 Å². The second-order valence-corrected chi connectivity index (χ2v) is 4.51. The van der Waals surface area contributed by atoms with Crippen LogP contribution < -0.4 is 5.32 Å². The molecule has 21 heavy (non-hydrogen) atoms. The average Bonchev–Trinajstić information content (AvgIpc) is 2.46. The lowest BCUT2D eigenvalue weighted by Gasteiger charge is -2.19. The number of benzene rings is 1. The molecule has 0 aliphatic heterocycles. The molecule has 0 saturated carbocycles. The number of anilines is 1. The number of halogens is 1. The van der Waals surface area contributed by atoms with Crippen molar-refractivity contribution in [2.24, 2.45) is 0 Å². The summed E-state index contributed by atoms with van der Waals surface area (Å²) in [6, 6.07) is 2.03. The van der Waals surface area contributed by atoms with Gasteiger partial charge in [-0.25, -0.2) is 4.39 Å². The lowest BCUT2D eigenvalue weighted by molar-refractivity contribution is -0.385. The Morgan fingerprint density at radius 2 is 1.95 bits per heavy atom. The lowest BCUT2D eigenvalue weighted by Crippen LogP contribution is -2.31. The monoisotopic (exact) mass is 297 g/mol. The van der Waals surface area contributed by atoms with E-state index in [1.165, 1.54) is 11.0 Å². The zero-order chi connectivity index (χ0) is 16.0. The van der Waals surface area contributed by atoms with Crippen molar-refractivity contribution in [3.63, 3.8) is 0 Å². The third-order valence-electron chi connectivity index (χ3n) is 3.13. The number of nitrogens with zero attached hydrogens (tertiary/aromatic N) is 2. The first kappa shape index (κ1) is 16.9. The molecule has 0 bridgehead atoms. The number of amides is 1. The van der Waals surface area contributed by atoms with Gasteiger partial charge in [0.1, 0.15) is 5.56 Å². The van der Waals surface area contributed by atoms with Crippen molar-refractivity contribution in [2.45, 2.75) is 27.2 Å². The summed E-state index contributed by atoms with van der Waals surface area (Å²) in [7, 11) is 0. The number of nitro groups is 1. The Bertz CT molecular complexity index is 530. The van der Waals surface area contributed by atoms with Gasteiger partial charge in [0.15, 0.2) is 5.82 Å². The van der Waals surface area contributed by atoms with Crippen LogP contribution in [0.15, 0.2) is 12.1 Å². The molecular formula is C14H20FN3O3. The van der Waals surface area contributed by atoms with Gasteiger partial charge in [0.25, 0.3) is 11.6 Å². The molecule has 0 aliphatic carbocycles. The van der Waals surface area contributed by atoms with Crippen LogP contribution in [0.5, 0.6) is 0 Å². The Kier molecular flexibility index (Phi) is 6.08. The van der Waals surface area contributed by atoms with E-state index in [1.807, 2.05) is 6.92 Å². The molecule has 0 unspecified atom stereocenters. The summed E-state index contributed by atoms with van der Waals surface area (Å²) in [6.07, 6.45) is 0.774. The molecule has 0 saturated heterocycles. The van der Waals surface area contributed by atoms with Gasteiger partial charge in [-0.1, -0.05) is 6.92 Å². The smallest absolute Gasteiger partial charge is 0.285 e. The predicted octanol–water partition coefficient (Wildman–Crippen LogP) is 3.04. The Balaban J connectivity index is 3.31. The molecule has 0 aromatic heterocycles. The molecule has 1 amide bonds. The second kappa shape index (κ2) is 7.56. The second-order valence-electron chi connectivity index (χ2n) is 4.51. The fraction of sp³-hybridized carbons (Fsp3) is 0.500. The quantitative estimate of drug-likeness (QED) is 0.620. The minimum atomic E-state index is -0.733. The standard InChI is InChI=1S/C14H20FN3O3/c1-4-7-16-12-8-10(14(19)17(5-2)6-3)13(18(20)21)9-11(12)15/h8-9,16H,4-7H2,1-3H3. The van der Waals surface area contributed by atoms with E-state index < -0.39 is 22.3 Å². The van der Waals surface area contributed by atoms with Crippen LogP contribution in [0.2, 0.25) is 0 Å². The molecule has 0 atom stereocenters. The van der Waals surface area contributed by atoms with E-state index in [-0.39, 0.29) is 11.3 Å². The zero-order valence-electron chi connectivity index (χ0n) is 12.5. The van der Waals surface area contributed by atoms with Crippen molar-refractivity contribution in [3.8, 4) is 0 Å². The van der Waals surface area contributed by atoms with Gasteiger partial charge in [-0.2, -0.15) is 0 Å². The third-order valence-corrected chi connectivity index (χ3v) is 3.13. The first-order valence-electron chi connectivity index (χ1n) is 6.97. The van der Waals surface area contributed by atoms with Crippen LogP contribution in [0, 0.1) is 15.9 Å². The van der Waals surface area contributed by atoms with Gasteiger partial charge in [0.05, 0.1) is 16.7 Å². The highest BCUT2D eigenvalue weighted by Gasteiger charge is 2.26. The SMILES string of the molecule is CCCNc1cc(C(=O)N(CC)CC)c([N+](=O)[O-])cc1F. The van der Waals surface area contributed by atoms with E-state index in [9.17, 15) is 19.3 Å². The van der Waals surface area contributed by atoms with E-state index >= 15 is 0 Å². The number of carbonyl (C=O) groups excluding carboxylic acids is 1. The zero-order valence-corrected chi connectivity index (χ0v) is 12.5. The van der Waals surface area contributed by atoms with Crippen molar-refractivity contribution >= 4 is 17.3 Å². The summed E-state index contributed by atoms with van der Waals surface area (Å²) < 4.78 is 13.9. The van der Waals surface area contributed by atoms with Crippen LogP contribution in [0.4, 0.5) is 15.8 Å². The van der Waals surface area contributed by atoms with Crippen LogP contribution in [0.1, 0.15) is 37.6 Å². The number of nitrogens with one attached hydrogen (secondary N) is 1. The maximum absolute atomic E-state index is 13.9. The maximum Gasteiger partial charge on any atom is 0.285 e. The maximum atomic E-state index is 13.9. The van der Waals surface area contributed by atoms with E-state index in [2.05, 4.69) is 5.32 Å². The normalized spacial score (nSPS) is 10.3. The fourth-order valence-electron chi connectivity index (χ4n) is 1.96. The number of hydrogen-bond acceptors (Lipinski definition) is 4. The number of carbonyl (C=O) groups is 1. The largest absolute Gasteiger partial charge is 0.383 e. The molecule has 0 heterocycles. The predicted molar refractivity (Wildman–Crippen MR) is 79.1 cm³/mol. The van der Waals surface area contributed by atoms with Gasteiger partial charge in [-0.05, 0) is 26.3 Å². The van der Waals surface area contributed by atoms with E-state index in [1.54, 1.807) is 13.8 Å². The topological polar surface area (TPSA) is 75.5 Å². The van der Waals surface area contributed by atoms with Gasteiger partial charge in [0, 0.05) is 19.6 Å². The van der Waals surface area contributed by atoms with Crippen molar-refractivity contribution < 1.29 is 14.1 Å². The number of hydrogen-bond donors (Lipinski definition) is 1. The Morgan fingerprint density at radius 3 is 2.43 bits per heavy atom. The van der Waals surface area contributed by atoms with Crippen LogP contribution in [-0.4, -0.2) is 35.4 Å². The molecular weight excluding hydrogens is 277 g/mol. The van der Waals surface area contributed by atoms with Gasteiger partial charge >= 0.3 is 0 Å². The molecule has 7 heteroatoms. The number of nitro benzene ring substituents is 1. The lowest BCUT2D eigenvalue weighted by atomic mass is 10.1. The third kappa shape index (κ3) is 3.90. The molecule has 0 radical (unpaired) electrons. The fourth-order valence-corrected chi connectivity index (χ4v) is 1.96. The van der Waals surface area contributed by atoms with Gasteiger partial charge in [0.2, 0.25) is 0 Å². The van der Waals surface area contributed by atoms with Crippen molar-refractivity contribution in [2.75, 3.05) is 25.0 Å². The van der Waals surface area contributed by atoms with Crippen LogP contribution >= 0.6 is 0 Å². The molecule has 116 valence electrons. The molecule has 1 N–H and O–H groups in total. The number of rotatable bonds is 7. The minimum Gasteiger partial charge on any atom is -0.383 e. The van der Waals surface area contributed by atoms with E-state index in [4.69, 9.17) is 0 Å². The minimum absolute atomic E-state index is 0.0938. The summed E-state index contributed by atoms with van der Waals surface area (Å²) >= 11 is 0. The highest BCUT2D eigenvalue weighted by molar-refractivity contribution is 5.99. The molecule has 0 fully saturated rings. The van der Waals surface area contributed by atoms with Crippen molar-refractivity contribution in [1.29, 1.82) is 0 Å². The first-order valence-corrected chi connectivity index (χ1v) is 6.97. The van der Waals surface area contributed by atoms with Crippen LogP contribution in [0.3, 0.4) is 0 Å². The first-order chi connectivity index (χ1) is 9.96. The Morgan fingerprint density at radius 1 is 1.33 bits per heavy atom. The molecule has 0 spiro atoms. The summed E-state index contributed by atoms with van der Waals surface area (Å²) in [5.41, 5.74) is -0.492. The Hall–Kier alpha value is -2.18. The van der Waals surface area contributed by atoms with Gasteiger partial charge < -0.3 is 10.2 Å². The van der Waals surface area contributed by atoms with Gasteiger partial charge in [-0.3, -0.25) is 14.9 Å². The highest BCUT2D eigenvalue weighted by Crippen LogP contribution is 2.27.